The standard InChI is InChI=1S/C21H28O6S/c1-16(2)20(22)26-13-7-5-6-8-14-27-21(23)18(4)15-28(24,25)19-11-9-17(3)10-12-19/h9-12H,1,4-8,13-15H2,2-3H3. The molecule has 1 aromatic rings. The van der Waals surface area contributed by atoms with Crippen LogP contribution < -0.4 is 0 Å². The third-order valence-corrected chi connectivity index (χ3v) is 5.61. The Labute approximate surface area is 167 Å². The van der Waals surface area contributed by atoms with Gasteiger partial charge in [-0.2, -0.15) is 0 Å². The van der Waals surface area contributed by atoms with Crippen LogP contribution in [0.4, 0.5) is 0 Å². The van der Waals surface area contributed by atoms with Gasteiger partial charge in [-0.25, -0.2) is 18.0 Å². The Bertz CT molecular complexity index is 806. The molecule has 0 saturated heterocycles. The Morgan fingerprint density at radius 1 is 0.893 bits per heavy atom. The third kappa shape index (κ3) is 8.52. The number of unbranched alkanes of at least 4 members (excludes halogenated alkanes) is 3. The third-order valence-electron chi connectivity index (χ3n) is 3.89. The van der Waals surface area contributed by atoms with E-state index in [-0.39, 0.29) is 17.1 Å². The zero-order valence-corrected chi connectivity index (χ0v) is 17.3. The number of hydrogen-bond donors (Lipinski definition) is 0. The molecule has 0 saturated carbocycles. The maximum absolute atomic E-state index is 12.3. The van der Waals surface area contributed by atoms with E-state index in [1.807, 2.05) is 6.92 Å². The fourth-order valence-electron chi connectivity index (χ4n) is 2.23. The van der Waals surface area contributed by atoms with Gasteiger partial charge < -0.3 is 9.47 Å². The Hall–Kier alpha value is -2.41. The van der Waals surface area contributed by atoms with E-state index in [4.69, 9.17) is 9.47 Å². The van der Waals surface area contributed by atoms with Crippen LogP contribution in [-0.2, 0) is 28.9 Å². The van der Waals surface area contributed by atoms with E-state index in [9.17, 15) is 18.0 Å². The van der Waals surface area contributed by atoms with Crippen molar-refractivity contribution in [3.05, 3.63) is 54.1 Å². The van der Waals surface area contributed by atoms with Crippen LogP contribution in [-0.4, -0.2) is 39.3 Å². The van der Waals surface area contributed by atoms with Gasteiger partial charge in [0.1, 0.15) is 0 Å². The molecule has 0 atom stereocenters. The molecule has 0 amide bonds. The Morgan fingerprint density at radius 3 is 1.89 bits per heavy atom. The van der Waals surface area contributed by atoms with E-state index in [1.165, 1.54) is 12.1 Å². The second-order valence-corrected chi connectivity index (χ2v) is 8.63. The molecule has 0 aliphatic carbocycles. The van der Waals surface area contributed by atoms with E-state index in [0.29, 0.717) is 25.0 Å². The molecule has 6 nitrogen and oxygen atoms in total. The van der Waals surface area contributed by atoms with Gasteiger partial charge in [-0.3, -0.25) is 0 Å². The van der Waals surface area contributed by atoms with Crippen LogP contribution in [0.3, 0.4) is 0 Å². The number of ether oxygens (including phenoxy) is 2. The van der Waals surface area contributed by atoms with E-state index >= 15 is 0 Å². The molecule has 28 heavy (non-hydrogen) atoms. The van der Waals surface area contributed by atoms with E-state index in [0.717, 1.165) is 18.4 Å². The first-order chi connectivity index (χ1) is 13.1. The normalized spacial score (nSPS) is 10.9. The Balaban J connectivity index is 2.24. The van der Waals surface area contributed by atoms with Crippen LogP contribution in [0.15, 0.2) is 53.5 Å². The van der Waals surface area contributed by atoms with Crippen LogP contribution in [0.1, 0.15) is 38.2 Å². The molecule has 0 heterocycles. The van der Waals surface area contributed by atoms with Gasteiger partial charge in [0.05, 0.1) is 23.9 Å². The number of rotatable bonds is 12. The number of carbonyl (C=O) groups excluding carboxylic acids is 2. The molecule has 154 valence electrons. The number of hydrogen-bond acceptors (Lipinski definition) is 6. The summed E-state index contributed by atoms with van der Waals surface area (Å²) < 4.78 is 34.7. The molecule has 0 spiro atoms. The number of aryl methyl sites for hydroxylation is 1. The zero-order valence-electron chi connectivity index (χ0n) is 16.5. The fourth-order valence-corrected chi connectivity index (χ4v) is 3.52. The second kappa shape index (κ2) is 11.4. The van der Waals surface area contributed by atoms with Crippen LogP contribution in [0.25, 0.3) is 0 Å². The SMILES string of the molecule is C=C(C)C(=O)OCCCCCCOC(=O)C(=C)CS(=O)(=O)c1ccc(C)cc1. The van der Waals surface area contributed by atoms with Crippen molar-refractivity contribution in [2.24, 2.45) is 0 Å². The predicted octanol–water partition coefficient (Wildman–Crippen LogP) is 3.55. The van der Waals surface area contributed by atoms with Gasteiger partial charge in [0.15, 0.2) is 9.84 Å². The van der Waals surface area contributed by atoms with E-state index < -0.39 is 27.5 Å². The van der Waals surface area contributed by atoms with Gasteiger partial charge in [0.25, 0.3) is 0 Å². The monoisotopic (exact) mass is 408 g/mol. The van der Waals surface area contributed by atoms with Gasteiger partial charge in [-0.05, 0) is 51.7 Å². The fraction of sp³-hybridized carbons (Fsp3) is 0.429. The summed E-state index contributed by atoms with van der Waals surface area (Å²) >= 11 is 0. The van der Waals surface area contributed by atoms with E-state index in [1.54, 1.807) is 19.1 Å². The zero-order chi connectivity index (χ0) is 21.2. The van der Waals surface area contributed by atoms with Gasteiger partial charge in [-0.15, -0.1) is 0 Å². The van der Waals surface area contributed by atoms with Crippen LogP contribution in [0.2, 0.25) is 0 Å². The van der Waals surface area contributed by atoms with Crippen LogP contribution in [0.5, 0.6) is 0 Å². The Morgan fingerprint density at radius 2 is 1.39 bits per heavy atom. The molecule has 0 aromatic heterocycles. The maximum atomic E-state index is 12.3. The average Bonchev–Trinajstić information content (AvgIpc) is 2.63. The van der Waals surface area contributed by atoms with Crippen LogP contribution >= 0.6 is 0 Å². The summed E-state index contributed by atoms with van der Waals surface area (Å²) in [6.07, 6.45) is 2.97. The van der Waals surface area contributed by atoms with Gasteiger partial charge >= 0.3 is 11.9 Å². The van der Waals surface area contributed by atoms with Crippen molar-refractivity contribution >= 4 is 21.8 Å². The van der Waals surface area contributed by atoms with Crippen molar-refractivity contribution in [3.63, 3.8) is 0 Å². The van der Waals surface area contributed by atoms with Gasteiger partial charge in [0, 0.05) is 11.1 Å². The molecule has 7 heteroatoms. The summed E-state index contributed by atoms with van der Waals surface area (Å²) in [6, 6.07) is 6.43. The van der Waals surface area contributed by atoms with Crippen molar-refractivity contribution in [3.8, 4) is 0 Å². The molecule has 0 fully saturated rings. The minimum absolute atomic E-state index is 0.0905. The van der Waals surface area contributed by atoms with Crippen molar-refractivity contribution < 1.29 is 27.5 Å². The molecule has 0 N–H and O–H groups in total. The molecule has 0 unspecified atom stereocenters. The lowest BCUT2D eigenvalue weighted by molar-refractivity contribution is -0.140. The molecule has 0 aliphatic rings. The molecular weight excluding hydrogens is 380 g/mol. The first-order valence-electron chi connectivity index (χ1n) is 9.10. The first-order valence-corrected chi connectivity index (χ1v) is 10.8. The maximum Gasteiger partial charge on any atom is 0.334 e. The minimum atomic E-state index is -3.63. The molecule has 0 radical (unpaired) electrons. The summed E-state index contributed by atoms with van der Waals surface area (Å²) in [7, 11) is -3.63. The summed E-state index contributed by atoms with van der Waals surface area (Å²) in [5, 5.41) is 0. The summed E-state index contributed by atoms with van der Waals surface area (Å²) in [5.74, 6) is -1.57. The van der Waals surface area contributed by atoms with E-state index in [2.05, 4.69) is 13.2 Å². The lowest BCUT2D eigenvalue weighted by Gasteiger charge is -2.09. The molecule has 0 bridgehead atoms. The average molecular weight is 409 g/mol. The summed E-state index contributed by atoms with van der Waals surface area (Å²) in [6.45, 7) is 11.0. The van der Waals surface area contributed by atoms with Crippen molar-refractivity contribution in [1.82, 2.24) is 0 Å². The predicted molar refractivity (Wildman–Crippen MR) is 108 cm³/mol. The second-order valence-electron chi connectivity index (χ2n) is 6.64. The highest BCUT2D eigenvalue weighted by Crippen LogP contribution is 2.15. The lowest BCUT2D eigenvalue weighted by Crippen LogP contribution is -2.17. The van der Waals surface area contributed by atoms with Gasteiger partial charge in [0.2, 0.25) is 0 Å². The van der Waals surface area contributed by atoms with Gasteiger partial charge in [-0.1, -0.05) is 30.9 Å². The summed E-state index contributed by atoms with van der Waals surface area (Å²) in [4.78, 5) is 23.3. The largest absolute Gasteiger partial charge is 0.462 e. The van der Waals surface area contributed by atoms with Crippen molar-refractivity contribution in [1.29, 1.82) is 0 Å². The molecule has 1 aromatic carbocycles. The van der Waals surface area contributed by atoms with Crippen LogP contribution in [0, 0.1) is 6.92 Å². The topological polar surface area (TPSA) is 86.7 Å². The number of sulfone groups is 1. The highest BCUT2D eigenvalue weighted by molar-refractivity contribution is 7.91. The highest BCUT2D eigenvalue weighted by Gasteiger charge is 2.20. The number of esters is 2. The lowest BCUT2D eigenvalue weighted by atomic mass is 10.2. The molecular formula is C21H28O6S. The van der Waals surface area contributed by atoms with Crippen molar-refractivity contribution in [2.75, 3.05) is 19.0 Å². The quantitative estimate of drug-likeness (QED) is 0.299. The number of benzene rings is 1. The smallest absolute Gasteiger partial charge is 0.334 e. The first kappa shape index (κ1) is 23.6. The number of carbonyl (C=O) groups is 2. The summed E-state index contributed by atoms with van der Waals surface area (Å²) in [5.41, 5.74) is 1.23. The minimum Gasteiger partial charge on any atom is -0.462 e. The molecule has 0 aliphatic heterocycles. The highest BCUT2D eigenvalue weighted by atomic mass is 32.2. The molecule has 1 rings (SSSR count). The van der Waals surface area contributed by atoms with Crippen molar-refractivity contribution in [2.45, 2.75) is 44.4 Å². The Kier molecular flexibility index (Phi) is 9.65.